The topological polar surface area (TPSA) is 67.6 Å². The smallest absolute Gasteiger partial charge is 0.387 e. The number of likely N-dealkylation sites (tertiary alicyclic amines) is 1. The van der Waals surface area contributed by atoms with Gasteiger partial charge in [-0.3, -0.25) is 15.0 Å². The van der Waals surface area contributed by atoms with E-state index in [0.29, 0.717) is 21.9 Å². The van der Waals surface area contributed by atoms with Crippen molar-refractivity contribution < 1.29 is 22.7 Å². The number of aromatic nitrogens is 1. The summed E-state index contributed by atoms with van der Waals surface area (Å²) in [6.07, 6.45) is 3.64. The Morgan fingerprint density at radius 1 is 1.25 bits per heavy atom. The minimum Gasteiger partial charge on any atom is -0.455 e. The number of nitrogens with zero attached hydrogens (tertiary/aromatic N) is 2. The molecule has 0 bridgehead atoms. The number of carbonyl (C=O) groups is 1. The van der Waals surface area contributed by atoms with Gasteiger partial charge in [0.25, 0.3) is 5.91 Å². The van der Waals surface area contributed by atoms with Crippen LogP contribution in [0.15, 0.2) is 34.7 Å². The monoisotopic (exact) mass is 407 g/mol. The molecular formula is C19H19F2N3O3S. The number of furan rings is 1. The molecule has 1 amide bonds. The lowest BCUT2D eigenvalue weighted by Crippen LogP contribution is -2.28. The number of alkyl halides is 2. The number of benzene rings is 1. The lowest BCUT2D eigenvalue weighted by molar-refractivity contribution is -0.0497. The van der Waals surface area contributed by atoms with E-state index < -0.39 is 12.5 Å². The average Bonchev–Trinajstić information content (AvgIpc) is 3.28. The number of ether oxygens (including phenoxy) is 1. The number of amides is 1. The van der Waals surface area contributed by atoms with Crippen LogP contribution in [-0.2, 0) is 6.54 Å². The molecule has 2 aromatic heterocycles. The van der Waals surface area contributed by atoms with Crippen molar-refractivity contribution in [2.75, 3.05) is 18.4 Å². The summed E-state index contributed by atoms with van der Waals surface area (Å²) >= 11 is 1.18. The molecule has 1 aliphatic rings. The highest BCUT2D eigenvalue weighted by Crippen LogP contribution is 2.30. The first-order valence-electron chi connectivity index (χ1n) is 9.05. The zero-order chi connectivity index (χ0) is 19.5. The van der Waals surface area contributed by atoms with Crippen LogP contribution in [-0.4, -0.2) is 35.5 Å². The van der Waals surface area contributed by atoms with Gasteiger partial charge in [0.2, 0.25) is 0 Å². The van der Waals surface area contributed by atoms with E-state index in [2.05, 4.69) is 19.9 Å². The van der Waals surface area contributed by atoms with Crippen molar-refractivity contribution >= 4 is 32.6 Å². The number of carbonyl (C=O) groups excluding carboxylic acids is 1. The second-order valence-electron chi connectivity index (χ2n) is 6.58. The van der Waals surface area contributed by atoms with Crippen molar-refractivity contribution in [1.29, 1.82) is 0 Å². The SMILES string of the molecule is O=C(Nc1nc2ccc(OC(F)F)cc2s1)c1ccc(CN2CCCCC2)o1. The van der Waals surface area contributed by atoms with Gasteiger partial charge in [-0.15, -0.1) is 0 Å². The Morgan fingerprint density at radius 2 is 2.07 bits per heavy atom. The van der Waals surface area contributed by atoms with Crippen molar-refractivity contribution in [3.05, 3.63) is 41.9 Å². The first-order valence-corrected chi connectivity index (χ1v) is 9.86. The number of fused-ring (bicyclic) bond motifs is 1. The number of rotatable bonds is 6. The lowest BCUT2D eigenvalue weighted by Gasteiger charge is -2.25. The molecule has 28 heavy (non-hydrogen) atoms. The minimum atomic E-state index is -2.89. The Kier molecular flexibility index (Phi) is 5.54. The fourth-order valence-electron chi connectivity index (χ4n) is 3.22. The van der Waals surface area contributed by atoms with Crippen LogP contribution < -0.4 is 10.1 Å². The predicted molar refractivity (Wildman–Crippen MR) is 102 cm³/mol. The van der Waals surface area contributed by atoms with Crippen LogP contribution in [0.1, 0.15) is 35.6 Å². The number of thiazole rings is 1. The first kappa shape index (κ1) is 18.8. The van der Waals surface area contributed by atoms with Crippen LogP contribution in [0.3, 0.4) is 0 Å². The number of halogens is 2. The molecule has 1 aliphatic heterocycles. The van der Waals surface area contributed by atoms with Gasteiger partial charge in [-0.25, -0.2) is 4.98 Å². The highest BCUT2D eigenvalue weighted by atomic mass is 32.1. The van der Waals surface area contributed by atoms with Crippen LogP contribution in [0, 0.1) is 0 Å². The molecular weight excluding hydrogens is 388 g/mol. The van der Waals surface area contributed by atoms with Gasteiger partial charge >= 0.3 is 6.61 Å². The largest absolute Gasteiger partial charge is 0.455 e. The zero-order valence-electron chi connectivity index (χ0n) is 15.0. The van der Waals surface area contributed by atoms with Gasteiger partial charge in [0.05, 0.1) is 16.8 Å². The van der Waals surface area contributed by atoms with Crippen molar-refractivity contribution in [2.45, 2.75) is 32.4 Å². The second-order valence-corrected chi connectivity index (χ2v) is 7.61. The third-order valence-electron chi connectivity index (χ3n) is 4.52. The average molecular weight is 407 g/mol. The van der Waals surface area contributed by atoms with E-state index in [1.54, 1.807) is 12.1 Å². The van der Waals surface area contributed by atoms with E-state index in [1.165, 1.54) is 42.7 Å². The highest BCUT2D eigenvalue weighted by Gasteiger charge is 2.17. The van der Waals surface area contributed by atoms with Crippen molar-refractivity contribution in [1.82, 2.24) is 9.88 Å². The number of hydrogen-bond acceptors (Lipinski definition) is 6. The summed E-state index contributed by atoms with van der Waals surface area (Å²) in [7, 11) is 0. The Balaban J connectivity index is 1.41. The zero-order valence-corrected chi connectivity index (χ0v) is 15.8. The number of anilines is 1. The third-order valence-corrected chi connectivity index (χ3v) is 5.45. The minimum absolute atomic E-state index is 0.0532. The summed E-state index contributed by atoms with van der Waals surface area (Å²) in [5, 5.41) is 3.06. The number of hydrogen-bond donors (Lipinski definition) is 1. The fraction of sp³-hybridized carbons (Fsp3) is 0.368. The molecule has 1 saturated heterocycles. The van der Waals surface area contributed by atoms with Gasteiger partial charge in [-0.2, -0.15) is 8.78 Å². The van der Waals surface area contributed by atoms with Gasteiger partial charge < -0.3 is 9.15 Å². The van der Waals surface area contributed by atoms with Gasteiger partial charge in [0.1, 0.15) is 11.5 Å². The second kappa shape index (κ2) is 8.24. The molecule has 0 radical (unpaired) electrons. The summed E-state index contributed by atoms with van der Waals surface area (Å²) in [5.41, 5.74) is 0.590. The molecule has 0 spiro atoms. The lowest BCUT2D eigenvalue weighted by atomic mass is 10.1. The van der Waals surface area contributed by atoms with E-state index in [9.17, 15) is 13.6 Å². The summed E-state index contributed by atoms with van der Waals surface area (Å²) < 4.78 is 35.4. The first-order chi connectivity index (χ1) is 13.6. The van der Waals surface area contributed by atoms with E-state index >= 15 is 0 Å². The van der Waals surface area contributed by atoms with Crippen molar-refractivity contribution in [2.24, 2.45) is 0 Å². The van der Waals surface area contributed by atoms with E-state index in [1.807, 2.05) is 6.07 Å². The molecule has 4 rings (SSSR count). The quantitative estimate of drug-likeness (QED) is 0.640. The molecule has 9 heteroatoms. The van der Waals surface area contributed by atoms with E-state index in [-0.39, 0.29) is 11.5 Å². The molecule has 0 atom stereocenters. The third kappa shape index (κ3) is 4.48. The molecule has 0 saturated carbocycles. The highest BCUT2D eigenvalue weighted by molar-refractivity contribution is 7.22. The molecule has 148 valence electrons. The van der Waals surface area contributed by atoms with Crippen LogP contribution in [0.25, 0.3) is 10.2 Å². The molecule has 6 nitrogen and oxygen atoms in total. The summed E-state index contributed by atoms with van der Waals surface area (Å²) in [4.78, 5) is 19.0. The van der Waals surface area contributed by atoms with Crippen LogP contribution in [0.2, 0.25) is 0 Å². The molecule has 1 aromatic carbocycles. The fourth-order valence-corrected chi connectivity index (χ4v) is 4.11. The maximum Gasteiger partial charge on any atom is 0.387 e. The maximum absolute atomic E-state index is 12.4. The Bertz CT molecular complexity index is 966. The number of piperidine rings is 1. The van der Waals surface area contributed by atoms with Gasteiger partial charge in [0.15, 0.2) is 10.9 Å². The van der Waals surface area contributed by atoms with E-state index in [4.69, 9.17) is 4.42 Å². The Morgan fingerprint density at radius 3 is 2.86 bits per heavy atom. The van der Waals surface area contributed by atoms with Gasteiger partial charge in [0, 0.05) is 0 Å². The Hall–Kier alpha value is -2.52. The normalized spacial score (nSPS) is 15.2. The van der Waals surface area contributed by atoms with Crippen LogP contribution in [0.4, 0.5) is 13.9 Å². The van der Waals surface area contributed by atoms with Crippen LogP contribution >= 0.6 is 11.3 Å². The van der Waals surface area contributed by atoms with Crippen LogP contribution in [0.5, 0.6) is 5.75 Å². The maximum atomic E-state index is 12.4. The Labute approximate surface area is 164 Å². The predicted octanol–water partition coefficient (Wildman–Crippen LogP) is 4.73. The number of nitrogens with one attached hydrogen (secondary N) is 1. The molecule has 3 heterocycles. The van der Waals surface area contributed by atoms with Crippen molar-refractivity contribution in [3.8, 4) is 5.75 Å². The molecule has 3 aromatic rings. The molecule has 1 N–H and O–H groups in total. The summed E-state index contributed by atoms with van der Waals surface area (Å²) in [6.45, 7) is -0.0970. The van der Waals surface area contributed by atoms with Gasteiger partial charge in [-0.1, -0.05) is 17.8 Å². The standard InChI is InChI=1S/C19H19F2N3O3S/c20-18(21)27-12-4-6-14-16(10-12)28-19(22-14)23-17(25)15-7-5-13(26-15)11-24-8-2-1-3-9-24/h4-7,10,18H,1-3,8-9,11H2,(H,22,23,25). The summed E-state index contributed by atoms with van der Waals surface area (Å²) in [6, 6.07) is 7.92. The van der Waals surface area contributed by atoms with E-state index in [0.717, 1.165) is 18.8 Å². The summed E-state index contributed by atoms with van der Waals surface area (Å²) in [5.74, 6) is 0.628. The molecule has 0 unspecified atom stereocenters. The molecule has 1 fully saturated rings. The van der Waals surface area contributed by atoms with Gasteiger partial charge in [-0.05, 0) is 56.3 Å². The van der Waals surface area contributed by atoms with Crippen molar-refractivity contribution in [3.63, 3.8) is 0 Å². The molecule has 0 aliphatic carbocycles.